The first kappa shape index (κ1) is 14.0. The third-order valence-corrected chi connectivity index (χ3v) is 3.03. The van der Waals surface area contributed by atoms with Crippen LogP contribution in [0.15, 0.2) is 18.2 Å². The second-order valence-corrected chi connectivity index (χ2v) is 4.48. The fourth-order valence-corrected chi connectivity index (χ4v) is 2.02. The molecule has 0 aromatic heterocycles. The van der Waals surface area contributed by atoms with E-state index >= 15 is 0 Å². The number of aryl methyl sites for hydroxylation is 2. The summed E-state index contributed by atoms with van der Waals surface area (Å²) in [6, 6.07) is 6.26. The third-order valence-electron chi connectivity index (χ3n) is 3.03. The fraction of sp³-hybridized carbons (Fsp3) is 0.462. The Kier molecular flexibility index (Phi) is 4.97. The molecule has 0 aliphatic carbocycles. The molecule has 1 unspecified atom stereocenters. The zero-order valence-electron chi connectivity index (χ0n) is 10.2. The average Bonchev–Trinajstić information content (AvgIpc) is 2.74. The third kappa shape index (κ3) is 3.45. The molecule has 1 saturated heterocycles. The Hall–Kier alpha value is -1.06. The first-order valence-electron chi connectivity index (χ1n) is 5.75. The lowest BCUT2D eigenvalue weighted by Crippen LogP contribution is -2.36. The van der Waals surface area contributed by atoms with Gasteiger partial charge in [-0.25, -0.2) is 0 Å². The van der Waals surface area contributed by atoms with Crippen molar-refractivity contribution in [1.29, 1.82) is 0 Å². The van der Waals surface area contributed by atoms with Crippen LogP contribution in [0.4, 0.5) is 0 Å². The van der Waals surface area contributed by atoms with Crippen LogP contribution in [0, 0.1) is 13.8 Å². The molecule has 4 heteroatoms. The van der Waals surface area contributed by atoms with Crippen LogP contribution in [-0.4, -0.2) is 25.0 Å². The normalized spacial score (nSPS) is 18.6. The van der Waals surface area contributed by atoms with Gasteiger partial charge in [0.2, 0.25) is 0 Å². The lowest BCUT2D eigenvalue weighted by molar-refractivity contribution is 0.0939. The van der Waals surface area contributed by atoms with Crippen LogP contribution in [-0.2, 0) is 0 Å². The van der Waals surface area contributed by atoms with Crippen molar-refractivity contribution >= 4 is 18.3 Å². The van der Waals surface area contributed by atoms with Gasteiger partial charge in [0.15, 0.2) is 0 Å². The van der Waals surface area contributed by atoms with E-state index in [0.29, 0.717) is 0 Å². The van der Waals surface area contributed by atoms with Gasteiger partial charge in [-0.05, 0) is 38.4 Å². The van der Waals surface area contributed by atoms with Crippen LogP contribution in [0.2, 0.25) is 0 Å². The van der Waals surface area contributed by atoms with E-state index in [4.69, 9.17) is 0 Å². The largest absolute Gasteiger partial charge is 0.348 e. The molecule has 0 radical (unpaired) electrons. The van der Waals surface area contributed by atoms with Crippen LogP contribution >= 0.6 is 12.4 Å². The maximum Gasteiger partial charge on any atom is 0.251 e. The highest BCUT2D eigenvalue weighted by atomic mass is 35.5. The van der Waals surface area contributed by atoms with E-state index in [1.54, 1.807) is 0 Å². The Labute approximate surface area is 108 Å². The summed E-state index contributed by atoms with van der Waals surface area (Å²) in [5, 5.41) is 6.30. The van der Waals surface area contributed by atoms with Gasteiger partial charge < -0.3 is 10.6 Å². The van der Waals surface area contributed by atoms with Gasteiger partial charge in [-0.1, -0.05) is 17.7 Å². The molecule has 0 saturated carbocycles. The SMILES string of the molecule is Cc1ccc(C)c(C(=O)NC2CCNC2)c1.Cl. The highest BCUT2D eigenvalue weighted by molar-refractivity contribution is 5.96. The van der Waals surface area contributed by atoms with Crippen LogP contribution < -0.4 is 10.6 Å². The number of carbonyl (C=O) groups is 1. The van der Waals surface area contributed by atoms with E-state index in [1.165, 1.54) is 0 Å². The Morgan fingerprint density at radius 2 is 2.18 bits per heavy atom. The molecule has 1 aliphatic rings. The Bertz CT molecular complexity index is 400. The van der Waals surface area contributed by atoms with Gasteiger partial charge in [0.05, 0.1) is 0 Å². The Morgan fingerprint density at radius 1 is 1.41 bits per heavy atom. The molecule has 94 valence electrons. The molecule has 17 heavy (non-hydrogen) atoms. The zero-order chi connectivity index (χ0) is 11.5. The first-order valence-corrected chi connectivity index (χ1v) is 5.75. The second-order valence-electron chi connectivity index (χ2n) is 4.48. The monoisotopic (exact) mass is 254 g/mol. The van der Waals surface area contributed by atoms with Crippen molar-refractivity contribution in [2.45, 2.75) is 26.3 Å². The molecule has 1 fully saturated rings. The molecule has 1 aromatic carbocycles. The second kappa shape index (κ2) is 6.03. The standard InChI is InChI=1S/C13H18N2O.ClH/c1-9-3-4-10(2)12(7-9)13(16)15-11-5-6-14-8-11;/h3-4,7,11,14H,5-6,8H2,1-2H3,(H,15,16);1H. The Morgan fingerprint density at radius 3 is 2.82 bits per heavy atom. The minimum Gasteiger partial charge on any atom is -0.348 e. The van der Waals surface area contributed by atoms with Crippen molar-refractivity contribution in [3.05, 3.63) is 34.9 Å². The smallest absolute Gasteiger partial charge is 0.251 e. The molecule has 2 rings (SSSR count). The molecule has 2 N–H and O–H groups in total. The molecule has 1 heterocycles. The molecule has 1 aromatic rings. The molecule has 1 atom stereocenters. The van der Waals surface area contributed by atoms with Gasteiger partial charge >= 0.3 is 0 Å². The van der Waals surface area contributed by atoms with Crippen molar-refractivity contribution in [2.24, 2.45) is 0 Å². The van der Waals surface area contributed by atoms with Crippen molar-refractivity contribution < 1.29 is 4.79 Å². The van der Waals surface area contributed by atoms with E-state index in [-0.39, 0.29) is 24.4 Å². The molecule has 1 aliphatic heterocycles. The molecule has 3 nitrogen and oxygen atoms in total. The Balaban J connectivity index is 0.00000144. The van der Waals surface area contributed by atoms with Crippen molar-refractivity contribution in [3.8, 4) is 0 Å². The molecular weight excluding hydrogens is 236 g/mol. The van der Waals surface area contributed by atoms with E-state index in [2.05, 4.69) is 10.6 Å². The minimum atomic E-state index is 0. The summed E-state index contributed by atoms with van der Waals surface area (Å²) in [4.78, 5) is 12.0. The zero-order valence-corrected chi connectivity index (χ0v) is 11.1. The van der Waals surface area contributed by atoms with E-state index < -0.39 is 0 Å². The molecule has 0 spiro atoms. The lowest BCUT2D eigenvalue weighted by Gasteiger charge is -2.13. The lowest BCUT2D eigenvalue weighted by atomic mass is 10.0. The number of amides is 1. The van der Waals surface area contributed by atoms with E-state index in [1.807, 2.05) is 32.0 Å². The summed E-state index contributed by atoms with van der Waals surface area (Å²) in [6.45, 7) is 5.86. The van der Waals surface area contributed by atoms with Gasteiger partial charge in [0.25, 0.3) is 5.91 Å². The predicted molar refractivity (Wildman–Crippen MR) is 71.9 cm³/mol. The van der Waals surface area contributed by atoms with E-state index in [9.17, 15) is 4.79 Å². The summed E-state index contributed by atoms with van der Waals surface area (Å²) in [6.07, 6.45) is 1.02. The first-order chi connectivity index (χ1) is 7.66. The predicted octanol–water partition coefficient (Wildman–Crippen LogP) is 1.82. The van der Waals surface area contributed by atoms with Crippen molar-refractivity contribution in [3.63, 3.8) is 0 Å². The number of benzene rings is 1. The quantitative estimate of drug-likeness (QED) is 0.845. The van der Waals surface area contributed by atoms with Gasteiger partial charge in [-0.3, -0.25) is 4.79 Å². The number of nitrogens with one attached hydrogen (secondary N) is 2. The average molecular weight is 255 g/mol. The number of rotatable bonds is 2. The fourth-order valence-electron chi connectivity index (χ4n) is 2.02. The van der Waals surface area contributed by atoms with Crippen LogP contribution in [0.5, 0.6) is 0 Å². The molecular formula is C13H19ClN2O. The van der Waals surface area contributed by atoms with Crippen LogP contribution in [0.25, 0.3) is 0 Å². The summed E-state index contributed by atoms with van der Waals surface area (Å²) in [5.74, 6) is 0.0508. The maximum atomic E-state index is 12.0. The summed E-state index contributed by atoms with van der Waals surface area (Å²) in [7, 11) is 0. The summed E-state index contributed by atoms with van der Waals surface area (Å²) in [5.41, 5.74) is 2.96. The van der Waals surface area contributed by atoms with Crippen molar-refractivity contribution in [1.82, 2.24) is 10.6 Å². The molecule has 0 bridgehead atoms. The van der Waals surface area contributed by atoms with E-state index in [0.717, 1.165) is 36.2 Å². The van der Waals surface area contributed by atoms with Gasteiger partial charge in [-0.2, -0.15) is 0 Å². The number of hydrogen-bond acceptors (Lipinski definition) is 2. The van der Waals surface area contributed by atoms with Crippen LogP contribution in [0.3, 0.4) is 0 Å². The number of halogens is 1. The highest BCUT2D eigenvalue weighted by Crippen LogP contribution is 2.11. The molecule has 1 amide bonds. The summed E-state index contributed by atoms with van der Waals surface area (Å²) >= 11 is 0. The maximum absolute atomic E-state index is 12.0. The van der Waals surface area contributed by atoms with Gasteiger partial charge in [-0.15, -0.1) is 12.4 Å². The van der Waals surface area contributed by atoms with Gasteiger partial charge in [0.1, 0.15) is 0 Å². The topological polar surface area (TPSA) is 41.1 Å². The summed E-state index contributed by atoms with van der Waals surface area (Å²) < 4.78 is 0. The minimum absolute atomic E-state index is 0. The van der Waals surface area contributed by atoms with Crippen LogP contribution in [0.1, 0.15) is 27.9 Å². The number of carbonyl (C=O) groups excluding carboxylic acids is 1. The van der Waals surface area contributed by atoms with Gasteiger partial charge in [0, 0.05) is 18.2 Å². The van der Waals surface area contributed by atoms with Crippen molar-refractivity contribution in [2.75, 3.05) is 13.1 Å². The number of hydrogen-bond donors (Lipinski definition) is 2. The highest BCUT2D eigenvalue weighted by Gasteiger charge is 2.18.